The Morgan fingerprint density at radius 1 is 0.860 bits per heavy atom. The smallest absolute Gasteiger partial charge is 0.324 e. The van der Waals surface area contributed by atoms with E-state index in [2.05, 4.69) is 16.0 Å². The highest BCUT2D eigenvalue weighted by Gasteiger charge is 2.31. The molecule has 0 bridgehead atoms. The fraction of sp³-hybridized carbons (Fsp3) is 0.0938. The highest BCUT2D eigenvalue weighted by Crippen LogP contribution is 2.34. The Hall–Kier alpha value is -4.54. The monoisotopic (exact) mass is 623 g/mol. The molecule has 3 N–H and O–H groups in total. The van der Waals surface area contributed by atoms with E-state index in [1.54, 1.807) is 60.7 Å². The fourth-order valence-corrected chi connectivity index (χ4v) is 4.76. The van der Waals surface area contributed by atoms with Gasteiger partial charge in [0.1, 0.15) is 5.70 Å². The minimum atomic E-state index is -4.58. The normalized spacial score (nSPS) is 11.5. The number of nitrogens with one attached hydrogen (secondary N) is 3. The molecule has 0 aromatic heterocycles. The Morgan fingerprint density at radius 3 is 2.30 bits per heavy atom. The van der Waals surface area contributed by atoms with Crippen LogP contribution in [0, 0.1) is 6.92 Å². The Balaban J connectivity index is 1.45. The van der Waals surface area contributed by atoms with Gasteiger partial charge in [-0.1, -0.05) is 60.1 Å². The Kier molecular flexibility index (Phi) is 10.3. The van der Waals surface area contributed by atoms with Crippen molar-refractivity contribution in [1.29, 1.82) is 0 Å². The summed E-state index contributed by atoms with van der Waals surface area (Å²) in [4.78, 5) is 39.3. The van der Waals surface area contributed by atoms with E-state index in [1.807, 2.05) is 31.2 Å². The third-order valence-corrected chi connectivity index (χ3v) is 7.37. The van der Waals surface area contributed by atoms with Gasteiger partial charge in [0.2, 0.25) is 5.91 Å². The summed E-state index contributed by atoms with van der Waals surface area (Å²) in [5.74, 6) is -1.71. The molecular weight excluding hydrogens is 599 g/mol. The van der Waals surface area contributed by atoms with Crippen LogP contribution in [0.3, 0.4) is 0 Å². The van der Waals surface area contributed by atoms with Crippen LogP contribution in [-0.4, -0.2) is 23.5 Å². The maximum Gasteiger partial charge on any atom is 0.416 e. The molecule has 220 valence electrons. The van der Waals surface area contributed by atoms with Crippen LogP contribution in [0.2, 0.25) is 5.02 Å². The van der Waals surface area contributed by atoms with E-state index in [4.69, 9.17) is 11.6 Å². The third kappa shape index (κ3) is 8.97. The van der Waals surface area contributed by atoms with Crippen molar-refractivity contribution in [3.63, 3.8) is 0 Å². The van der Waals surface area contributed by atoms with Gasteiger partial charge < -0.3 is 16.0 Å². The summed E-state index contributed by atoms with van der Waals surface area (Å²) in [5.41, 5.74) is 1.39. The van der Waals surface area contributed by atoms with Crippen molar-refractivity contribution in [3.8, 4) is 0 Å². The van der Waals surface area contributed by atoms with Crippen LogP contribution < -0.4 is 16.0 Å². The lowest BCUT2D eigenvalue weighted by atomic mass is 10.1. The number of halogens is 4. The number of amides is 3. The molecule has 0 aliphatic carbocycles. The predicted octanol–water partition coefficient (Wildman–Crippen LogP) is 7.81. The van der Waals surface area contributed by atoms with E-state index in [0.29, 0.717) is 16.1 Å². The Bertz CT molecular complexity index is 1680. The number of anilines is 2. The van der Waals surface area contributed by atoms with Crippen molar-refractivity contribution >= 4 is 58.5 Å². The number of benzene rings is 4. The van der Waals surface area contributed by atoms with Crippen molar-refractivity contribution in [2.75, 3.05) is 16.4 Å². The van der Waals surface area contributed by atoms with Crippen LogP contribution in [0.25, 0.3) is 6.08 Å². The highest BCUT2D eigenvalue weighted by atomic mass is 35.5. The van der Waals surface area contributed by atoms with Crippen LogP contribution in [-0.2, 0) is 15.8 Å². The predicted molar refractivity (Wildman–Crippen MR) is 164 cm³/mol. The fourth-order valence-electron chi connectivity index (χ4n) is 3.84. The summed E-state index contributed by atoms with van der Waals surface area (Å²) in [6.07, 6.45) is -2.99. The van der Waals surface area contributed by atoms with E-state index in [1.165, 1.54) is 0 Å². The van der Waals surface area contributed by atoms with Crippen molar-refractivity contribution in [1.82, 2.24) is 5.32 Å². The van der Waals surface area contributed by atoms with Gasteiger partial charge >= 0.3 is 6.18 Å². The molecule has 0 spiro atoms. The molecule has 43 heavy (non-hydrogen) atoms. The molecule has 0 radical (unpaired) electrons. The van der Waals surface area contributed by atoms with Crippen molar-refractivity contribution < 1.29 is 27.6 Å². The van der Waals surface area contributed by atoms with Crippen LogP contribution in [0.1, 0.15) is 27.0 Å². The molecule has 4 rings (SSSR count). The standard InChI is InChI=1S/C32H25ClF3N3O3S/c1-20-8-5-6-11-22(20)16-28(39-30(41)21-9-3-2-4-10-21)31(42)37-24-12-7-13-25(18-24)43-19-29(40)38-27-17-23(32(34,35)36)14-15-26(27)33/h2-18H,19H2,1H3,(H,37,42)(H,38,40)(H,39,41)/b28-16-. The maximum atomic E-state index is 13.3. The Labute approximate surface area is 255 Å². The van der Waals surface area contributed by atoms with Crippen LogP contribution >= 0.6 is 23.4 Å². The quantitative estimate of drug-likeness (QED) is 0.131. The zero-order valence-electron chi connectivity index (χ0n) is 22.7. The average molecular weight is 624 g/mol. The lowest BCUT2D eigenvalue weighted by Gasteiger charge is -2.13. The van der Waals surface area contributed by atoms with Crippen LogP contribution in [0.4, 0.5) is 24.5 Å². The van der Waals surface area contributed by atoms with Gasteiger partial charge in [0.05, 0.1) is 22.0 Å². The van der Waals surface area contributed by atoms with Crippen LogP contribution in [0.5, 0.6) is 0 Å². The van der Waals surface area contributed by atoms with Crippen molar-refractivity contribution in [3.05, 3.63) is 130 Å². The molecule has 11 heteroatoms. The molecule has 0 saturated carbocycles. The first kappa shape index (κ1) is 31.4. The Morgan fingerprint density at radius 2 is 1.58 bits per heavy atom. The number of carbonyl (C=O) groups excluding carboxylic acids is 3. The maximum absolute atomic E-state index is 13.3. The van der Waals surface area contributed by atoms with Gasteiger partial charge in [0.25, 0.3) is 11.8 Å². The number of rotatable bonds is 9. The summed E-state index contributed by atoms with van der Waals surface area (Å²) >= 11 is 7.08. The average Bonchev–Trinajstić information content (AvgIpc) is 2.98. The minimum absolute atomic E-state index is 0.0232. The van der Waals surface area contributed by atoms with E-state index in [9.17, 15) is 27.6 Å². The SMILES string of the molecule is Cc1ccccc1/C=C(\NC(=O)c1ccccc1)C(=O)Nc1cccc(SCC(=O)Nc2cc(C(F)(F)F)ccc2Cl)c1. The summed E-state index contributed by atoms with van der Waals surface area (Å²) in [6, 6.07) is 25.3. The van der Waals surface area contributed by atoms with Crippen molar-refractivity contribution in [2.24, 2.45) is 0 Å². The molecule has 0 aliphatic heterocycles. The first-order chi connectivity index (χ1) is 20.5. The molecular formula is C32H25ClF3N3O3S. The van der Waals surface area contributed by atoms with Gasteiger partial charge in [-0.25, -0.2) is 0 Å². The molecule has 6 nitrogen and oxygen atoms in total. The summed E-state index contributed by atoms with van der Waals surface area (Å²) in [7, 11) is 0. The largest absolute Gasteiger partial charge is 0.416 e. The molecule has 0 heterocycles. The molecule has 0 aliphatic rings. The summed E-state index contributed by atoms with van der Waals surface area (Å²) < 4.78 is 39.1. The highest BCUT2D eigenvalue weighted by molar-refractivity contribution is 8.00. The second-order valence-electron chi connectivity index (χ2n) is 9.25. The number of carbonyl (C=O) groups is 3. The molecule has 0 saturated heterocycles. The zero-order chi connectivity index (χ0) is 31.0. The van der Waals surface area contributed by atoms with E-state index < -0.39 is 29.5 Å². The second-order valence-corrected chi connectivity index (χ2v) is 10.7. The minimum Gasteiger partial charge on any atom is -0.324 e. The first-order valence-electron chi connectivity index (χ1n) is 12.8. The van der Waals surface area contributed by atoms with Crippen molar-refractivity contribution in [2.45, 2.75) is 18.0 Å². The first-order valence-corrected chi connectivity index (χ1v) is 14.2. The van der Waals surface area contributed by atoms with Gasteiger partial charge in [0, 0.05) is 16.1 Å². The zero-order valence-corrected chi connectivity index (χ0v) is 24.2. The molecule has 3 amide bonds. The second kappa shape index (κ2) is 14.1. The molecule has 0 fully saturated rings. The van der Waals surface area contributed by atoms with Gasteiger partial charge in [-0.05, 0) is 72.7 Å². The summed E-state index contributed by atoms with van der Waals surface area (Å²) in [5, 5.41) is 7.85. The lowest BCUT2D eigenvalue weighted by Crippen LogP contribution is -2.30. The number of thioether (sulfide) groups is 1. The van der Waals surface area contributed by atoms with E-state index >= 15 is 0 Å². The number of hydrogen-bond acceptors (Lipinski definition) is 4. The van der Waals surface area contributed by atoms with Gasteiger partial charge in [0.15, 0.2) is 0 Å². The molecule has 0 atom stereocenters. The lowest BCUT2D eigenvalue weighted by molar-refractivity contribution is -0.137. The van der Waals surface area contributed by atoms with E-state index in [0.717, 1.165) is 41.1 Å². The number of alkyl halides is 3. The number of hydrogen-bond donors (Lipinski definition) is 3. The van der Waals surface area contributed by atoms with Crippen LogP contribution in [0.15, 0.2) is 108 Å². The number of aryl methyl sites for hydroxylation is 1. The molecule has 0 unspecified atom stereocenters. The van der Waals surface area contributed by atoms with Gasteiger partial charge in [-0.2, -0.15) is 13.2 Å². The van der Waals surface area contributed by atoms with Gasteiger partial charge in [-0.15, -0.1) is 11.8 Å². The van der Waals surface area contributed by atoms with E-state index in [-0.39, 0.29) is 22.2 Å². The topological polar surface area (TPSA) is 87.3 Å². The van der Waals surface area contributed by atoms with Gasteiger partial charge in [-0.3, -0.25) is 14.4 Å². The summed E-state index contributed by atoms with van der Waals surface area (Å²) in [6.45, 7) is 1.89. The third-order valence-electron chi connectivity index (χ3n) is 6.05. The molecule has 4 aromatic carbocycles. The molecule has 4 aromatic rings.